The highest BCUT2D eigenvalue weighted by molar-refractivity contribution is 7.92. The molecular formula is C15H25NO2S. The third-order valence-corrected chi connectivity index (χ3v) is 8.55. The predicted molar refractivity (Wildman–Crippen MR) is 75.6 cm³/mol. The fraction of sp³-hybridized carbons (Fsp3) is 1.00. The van der Waals surface area contributed by atoms with Gasteiger partial charge in [-0.3, -0.25) is 0 Å². The standard InChI is InChI=1S/C15H25NO2S/c17-19(18)3-1-2-14(19)9-16-15-12-5-10-4-11(7-12)8-13(15)6-10/h10-16H,1-9H2. The van der Waals surface area contributed by atoms with Gasteiger partial charge in [0.1, 0.15) is 0 Å². The van der Waals surface area contributed by atoms with Crippen molar-refractivity contribution in [3.8, 4) is 0 Å². The zero-order valence-electron chi connectivity index (χ0n) is 11.6. The minimum absolute atomic E-state index is 0.0929. The van der Waals surface area contributed by atoms with E-state index in [2.05, 4.69) is 5.32 Å². The molecule has 0 aromatic heterocycles. The first-order chi connectivity index (χ1) is 9.12. The van der Waals surface area contributed by atoms with E-state index in [1.54, 1.807) is 0 Å². The van der Waals surface area contributed by atoms with E-state index in [0.717, 1.165) is 43.1 Å². The third kappa shape index (κ3) is 2.15. The molecule has 4 bridgehead atoms. The van der Waals surface area contributed by atoms with E-state index in [4.69, 9.17) is 0 Å². The summed E-state index contributed by atoms with van der Waals surface area (Å²) in [5, 5.41) is 3.59. The lowest BCUT2D eigenvalue weighted by molar-refractivity contribution is -0.0134. The lowest BCUT2D eigenvalue weighted by Crippen LogP contribution is -2.55. The van der Waals surface area contributed by atoms with Crippen LogP contribution in [-0.4, -0.2) is 32.0 Å². The van der Waals surface area contributed by atoms with E-state index in [-0.39, 0.29) is 5.25 Å². The predicted octanol–water partition coefficient (Wildman–Crippen LogP) is 1.98. The minimum atomic E-state index is -2.78. The Morgan fingerprint density at radius 1 is 0.947 bits per heavy atom. The lowest BCUT2D eigenvalue weighted by atomic mass is 9.54. The van der Waals surface area contributed by atoms with Crippen LogP contribution in [0.15, 0.2) is 0 Å². The molecule has 0 radical (unpaired) electrons. The molecule has 0 aromatic carbocycles. The Labute approximate surface area is 116 Å². The normalized spacial score (nSPS) is 50.7. The van der Waals surface area contributed by atoms with Crippen molar-refractivity contribution in [1.82, 2.24) is 5.32 Å². The summed E-state index contributed by atoms with van der Waals surface area (Å²) >= 11 is 0. The van der Waals surface area contributed by atoms with Crippen molar-refractivity contribution in [2.24, 2.45) is 23.7 Å². The molecule has 1 N–H and O–H groups in total. The highest BCUT2D eigenvalue weighted by Gasteiger charge is 2.48. The SMILES string of the molecule is O=S1(=O)CCCC1CNC1C2CC3CC(C2)CC1C3. The lowest BCUT2D eigenvalue weighted by Gasteiger charge is -2.54. The smallest absolute Gasteiger partial charge is 0.154 e. The van der Waals surface area contributed by atoms with Crippen molar-refractivity contribution in [3.05, 3.63) is 0 Å². The van der Waals surface area contributed by atoms with Gasteiger partial charge >= 0.3 is 0 Å². The monoisotopic (exact) mass is 283 g/mol. The average molecular weight is 283 g/mol. The van der Waals surface area contributed by atoms with E-state index in [0.29, 0.717) is 11.8 Å². The minimum Gasteiger partial charge on any atom is -0.312 e. The van der Waals surface area contributed by atoms with Gasteiger partial charge in [0, 0.05) is 12.6 Å². The molecule has 1 aliphatic heterocycles. The van der Waals surface area contributed by atoms with Gasteiger partial charge in [-0.15, -0.1) is 0 Å². The van der Waals surface area contributed by atoms with Gasteiger partial charge < -0.3 is 5.32 Å². The second-order valence-corrected chi connectivity index (χ2v) is 9.90. The number of sulfone groups is 1. The van der Waals surface area contributed by atoms with Crippen LogP contribution < -0.4 is 5.32 Å². The molecule has 5 rings (SSSR count). The van der Waals surface area contributed by atoms with Crippen LogP contribution in [0.1, 0.15) is 44.9 Å². The fourth-order valence-electron chi connectivity index (χ4n) is 5.61. The highest BCUT2D eigenvalue weighted by Crippen LogP contribution is 2.53. The zero-order chi connectivity index (χ0) is 13.0. The van der Waals surface area contributed by atoms with Crippen LogP contribution in [0.4, 0.5) is 0 Å². The van der Waals surface area contributed by atoms with E-state index < -0.39 is 9.84 Å². The first-order valence-corrected chi connectivity index (χ1v) is 9.78. The molecule has 19 heavy (non-hydrogen) atoms. The molecule has 1 unspecified atom stereocenters. The van der Waals surface area contributed by atoms with Crippen LogP contribution >= 0.6 is 0 Å². The van der Waals surface area contributed by atoms with Gasteiger partial charge in [-0.25, -0.2) is 8.42 Å². The number of nitrogens with one attached hydrogen (secondary N) is 1. The van der Waals surface area contributed by atoms with Crippen molar-refractivity contribution >= 4 is 9.84 Å². The maximum Gasteiger partial charge on any atom is 0.154 e. The molecular weight excluding hydrogens is 258 g/mol. The summed E-state index contributed by atoms with van der Waals surface area (Å²) in [5.74, 6) is 4.10. The third-order valence-electron chi connectivity index (χ3n) is 6.27. The molecule has 4 heteroatoms. The molecule has 108 valence electrons. The number of hydrogen-bond donors (Lipinski definition) is 1. The Bertz CT molecular complexity index is 431. The van der Waals surface area contributed by atoms with Gasteiger partial charge in [0.05, 0.1) is 11.0 Å². The van der Waals surface area contributed by atoms with Crippen molar-refractivity contribution in [3.63, 3.8) is 0 Å². The Morgan fingerprint density at radius 3 is 2.11 bits per heavy atom. The first kappa shape index (κ1) is 12.6. The van der Waals surface area contributed by atoms with E-state index in [1.807, 2.05) is 0 Å². The molecule has 1 saturated heterocycles. The summed E-state index contributed by atoms with van der Waals surface area (Å²) < 4.78 is 23.8. The van der Waals surface area contributed by atoms with Crippen LogP contribution in [-0.2, 0) is 9.84 Å². The van der Waals surface area contributed by atoms with Crippen molar-refractivity contribution in [1.29, 1.82) is 0 Å². The molecule has 3 nitrogen and oxygen atoms in total. The molecule has 0 amide bonds. The summed E-state index contributed by atoms with van der Waals surface area (Å²) in [4.78, 5) is 0. The Hall–Kier alpha value is -0.0900. The summed E-state index contributed by atoms with van der Waals surface area (Å²) in [6, 6.07) is 0.628. The first-order valence-electron chi connectivity index (χ1n) is 8.07. The summed E-state index contributed by atoms with van der Waals surface area (Å²) in [6.07, 6.45) is 8.85. The van der Waals surface area contributed by atoms with Crippen LogP contribution in [0.3, 0.4) is 0 Å². The molecule has 1 heterocycles. The van der Waals surface area contributed by atoms with Crippen molar-refractivity contribution in [2.45, 2.75) is 56.2 Å². The molecule has 4 saturated carbocycles. The van der Waals surface area contributed by atoms with E-state index in [9.17, 15) is 8.42 Å². The Balaban J connectivity index is 1.41. The number of hydrogen-bond acceptors (Lipinski definition) is 3. The second-order valence-electron chi connectivity index (χ2n) is 7.50. The van der Waals surface area contributed by atoms with Crippen molar-refractivity contribution in [2.75, 3.05) is 12.3 Å². The van der Waals surface area contributed by atoms with Crippen LogP contribution in [0.25, 0.3) is 0 Å². The van der Waals surface area contributed by atoms with E-state index >= 15 is 0 Å². The van der Waals surface area contributed by atoms with Gasteiger partial charge in [0.15, 0.2) is 9.84 Å². The Morgan fingerprint density at radius 2 is 1.58 bits per heavy atom. The largest absolute Gasteiger partial charge is 0.312 e. The highest BCUT2D eigenvalue weighted by atomic mass is 32.2. The van der Waals surface area contributed by atoms with Gasteiger partial charge in [0.2, 0.25) is 0 Å². The zero-order valence-corrected chi connectivity index (χ0v) is 12.4. The summed E-state index contributed by atoms with van der Waals surface area (Å²) in [6.45, 7) is 0.718. The van der Waals surface area contributed by atoms with Gasteiger partial charge in [-0.2, -0.15) is 0 Å². The quantitative estimate of drug-likeness (QED) is 0.861. The van der Waals surface area contributed by atoms with Crippen LogP contribution in [0.5, 0.6) is 0 Å². The van der Waals surface area contributed by atoms with E-state index in [1.165, 1.54) is 32.1 Å². The number of rotatable bonds is 3. The summed E-state index contributed by atoms with van der Waals surface area (Å²) in [5.41, 5.74) is 0. The average Bonchev–Trinajstić information content (AvgIpc) is 2.67. The molecule has 5 aliphatic rings. The van der Waals surface area contributed by atoms with Crippen molar-refractivity contribution < 1.29 is 8.42 Å². The second kappa shape index (κ2) is 4.45. The van der Waals surface area contributed by atoms with Gasteiger partial charge in [0.25, 0.3) is 0 Å². The Kier molecular flexibility index (Phi) is 2.96. The maximum atomic E-state index is 11.9. The molecule has 0 aromatic rings. The maximum absolute atomic E-state index is 11.9. The van der Waals surface area contributed by atoms with Crippen LogP contribution in [0.2, 0.25) is 0 Å². The molecule has 0 spiro atoms. The van der Waals surface area contributed by atoms with Gasteiger partial charge in [-0.05, 0) is 68.6 Å². The molecule has 1 atom stereocenters. The molecule has 5 fully saturated rings. The van der Waals surface area contributed by atoms with Crippen LogP contribution in [0, 0.1) is 23.7 Å². The molecule has 4 aliphatic carbocycles. The fourth-order valence-corrected chi connectivity index (χ4v) is 7.39. The topological polar surface area (TPSA) is 46.2 Å². The van der Waals surface area contributed by atoms with Gasteiger partial charge in [-0.1, -0.05) is 0 Å². The summed E-state index contributed by atoms with van der Waals surface area (Å²) in [7, 11) is -2.78.